The number of aliphatic hydroxyl groups excluding tert-OH is 1. The molecule has 12 nitrogen and oxygen atoms in total. The quantitative estimate of drug-likeness (QED) is 0.444. The van der Waals surface area contributed by atoms with E-state index >= 15 is 4.39 Å². The average molecular weight is 523 g/mol. The van der Waals surface area contributed by atoms with E-state index in [4.69, 9.17) is 29.4 Å². The minimum absolute atomic E-state index is 0.0359. The molecular weight excluding hydrogens is 487 g/mol. The number of aliphatic hydroxyl groups is 1. The number of hydrogen-bond donors (Lipinski definition) is 3. The lowest BCUT2D eigenvalue weighted by Crippen LogP contribution is -2.51. The molecule has 6 atom stereocenters. The summed E-state index contributed by atoms with van der Waals surface area (Å²) in [6.07, 6.45) is 4.08. The molecule has 0 amide bonds. The topological polar surface area (TPSA) is 148 Å². The third-order valence-electron chi connectivity index (χ3n) is 7.38. The maximum Gasteiger partial charge on any atom is 0.224 e. The molecule has 204 valence electrons. The molecule has 2 unspecified atom stereocenters. The monoisotopic (exact) mass is 522 g/mol. The lowest BCUT2D eigenvalue weighted by Gasteiger charge is -2.35. The molecule has 1 saturated carbocycles. The fraction of sp³-hybridized carbons (Fsp3) is 0.792. The summed E-state index contributed by atoms with van der Waals surface area (Å²) in [5.41, 5.74) is 4.58. The number of alkyl halides is 1. The van der Waals surface area contributed by atoms with Crippen molar-refractivity contribution in [2.75, 3.05) is 37.5 Å². The summed E-state index contributed by atoms with van der Waals surface area (Å²) < 4.78 is 48.5. The first-order chi connectivity index (χ1) is 18.0. The largest absolute Gasteiger partial charge is 0.394 e. The molecule has 0 aromatic carbocycles. The van der Waals surface area contributed by atoms with Gasteiger partial charge >= 0.3 is 0 Å². The SMILES string of the molecule is Nc1nc(NC2CC2)c2ncn([C@@H]3O[C@H](CO)[C@@H](OC4CCCCO4)[C@]3(F)COC3CCCCO3)c2n1. The van der Waals surface area contributed by atoms with E-state index in [1.54, 1.807) is 0 Å². The van der Waals surface area contributed by atoms with E-state index in [-0.39, 0.29) is 12.6 Å². The minimum atomic E-state index is -2.22. The Kier molecular flexibility index (Phi) is 7.16. The highest BCUT2D eigenvalue weighted by molar-refractivity contribution is 5.84. The van der Waals surface area contributed by atoms with Gasteiger partial charge in [-0.15, -0.1) is 0 Å². The van der Waals surface area contributed by atoms with Crippen molar-refractivity contribution in [1.82, 2.24) is 19.5 Å². The predicted octanol–water partition coefficient (Wildman–Crippen LogP) is 2.04. The number of ether oxygens (including phenoxy) is 5. The second-order valence-corrected chi connectivity index (χ2v) is 10.3. The van der Waals surface area contributed by atoms with Gasteiger partial charge in [0, 0.05) is 19.3 Å². The van der Waals surface area contributed by atoms with Crippen molar-refractivity contribution in [1.29, 1.82) is 0 Å². The number of fused-ring (bicyclic) bond motifs is 1. The van der Waals surface area contributed by atoms with Crippen LogP contribution in [0.3, 0.4) is 0 Å². The van der Waals surface area contributed by atoms with E-state index < -0.39 is 43.3 Å². The Hall–Kier alpha value is -2.16. The first-order valence-corrected chi connectivity index (χ1v) is 13.3. The lowest BCUT2D eigenvalue weighted by atomic mass is 9.96. The van der Waals surface area contributed by atoms with Crippen LogP contribution in [-0.4, -0.2) is 87.6 Å². The number of imidazole rings is 1. The highest BCUT2D eigenvalue weighted by Crippen LogP contribution is 2.46. The number of nitrogens with two attached hydrogens (primary N) is 1. The normalized spacial score (nSPS) is 34.7. The first kappa shape index (κ1) is 25.1. The Bertz CT molecular complexity index is 1080. The average Bonchev–Trinajstić information content (AvgIpc) is 3.57. The molecular formula is C24H35FN6O6. The number of nitrogen functional groups attached to an aromatic ring is 1. The summed E-state index contributed by atoms with van der Waals surface area (Å²) in [6.45, 7) is 0.287. The number of nitrogens with zero attached hydrogens (tertiary/aromatic N) is 4. The van der Waals surface area contributed by atoms with Crippen LogP contribution in [0.1, 0.15) is 57.6 Å². The number of halogens is 1. The van der Waals surface area contributed by atoms with Crippen molar-refractivity contribution in [2.24, 2.45) is 0 Å². The molecule has 13 heteroatoms. The summed E-state index contributed by atoms with van der Waals surface area (Å²) in [6, 6.07) is 0.307. The Morgan fingerprint density at radius 3 is 2.54 bits per heavy atom. The second kappa shape index (κ2) is 10.5. The second-order valence-electron chi connectivity index (χ2n) is 10.3. The van der Waals surface area contributed by atoms with Crippen molar-refractivity contribution >= 4 is 22.9 Å². The van der Waals surface area contributed by atoms with Crippen LogP contribution in [0.2, 0.25) is 0 Å². The van der Waals surface area contributed by atoms with Gasteiger partial charge in [-0.2, -0.15) is 9.97 Å². The van der Waals surface area contributed by atoms with Crippen LogP contribution >= 0.6 is 0 Å². The zero-order chi connectivity index (χ0) is 25.4. The number of rotatable bonds is 9. The molecule has 4 fully saturated rings. The number of nitrogens with one attached hydrogen (secondary N) is 1. The maximum atomic E-state index is 17.4. The molecule has 4 aliphatic rings. The van der Waals surface area contributed by atoms with Crippen LogP contribution in [0.4, 0.5) is 16.2 Å². The van der Waals surface area contributed by atoms with Crippen molar-refractivity contribution in [3.63, 3.8) is 0 Å². The Labute approximate surface area is 214 Å². The molecule has 3 saturated heterocycles. The van der Waals surface area contributed by atoms with Crippen LogP contribution in [0.25, 0.3) is 11.2 Å². The smallest absolute Gasteiger partial charge is 0.224 e. The van der Waals surface area contributed by atoms with Gasteiger partial charge in [-0.3, -0.25) is 4.57 Å². The van der Waals surface area contributed by atoms with Crippen molar-refractivity contribution < 1.29 is 33.2 Å². The molecule has 5 heterocycles. The van der Waals surface area contributed by atoms with Crippen molar-refractivity contribution in [2.45, 2.75) is 94.1 Å². The molecule has 0 radical (unpaired) electrons. The fourth-order valence-corrected chi connectivity index (χ4v) is 5.26. The number of aromatic nitrogens is 4. The van der Waals surface area contributed by atoms with E-state index in [1.807, 2.05) is 0 Å². The summed E-state index contributed by atoms with van der Waals surface area (Å²) in [7, 11) is 0. The molecule has 4 N–H and O–H groups in total. The van der Waals surface area contributed by atoms with Crippen molar-refractivity contribution in [3.05, 3.63) is 6.33 Å². The molecule has 2 aromatic heterocycles. The summed E-state index contributed by atoms with van der Waals surface area (Å²) >= 11 is 0. The molecule has 2 aromatic rings. The minimum Gasteiger partial charge on any atom is -0.394 e. The van der Waals surface area contributed by atoms with E-state index in [2.05, 4.69) is 20.3 Å². The highest BCUT2D eigenvalue weighted by atomic mass is 19.1. The maximum absolute atomic E-state index is 17.4. The van der Waals surface area contributed by atoms with E-state index in [0.29, 0.717) is 49.1 Å². The van der Waals surface area contributed by atoms with E-state index in [9.17, 15) is 5.11 Å². The summed E-state index contributed by atoms with van der Waals surface area (Å²) in [5, 5.41) is 13.5. The van der Waals surface area contributed by atoms with Gasteiger partial charge in [0.25, 0.3) is 0 Å². The Morgan fingerprint density at radius 2 is 1.86 bits per heavy atom. The van der Waals surface area contributed by atoms with Gasteiger partial charge < -0.3 is 39.8 Å². The number of anilines is 2. The lowest BCUT2D eigenvalue weighted by molar-refractivity contribution is -0.237. The molecule has 0 spiro atoms. The van der Waals surface area contributed by atoms with Gasteiger partial charge in [0.1, 0.15) is 12.2 Å². The van der Waals surface area contributed by atoms with Crippen LogP contribution in [-0.2, 0) is 23.7 Å². The van der Waals surface area contributed by atoms with Gasteiger partial charge in [-0.25, -0.2) is 9.37 Å². The third-order valence-corrected chi connectivity index (χ3v) is 7.38. The Balaban J connectivity index is 1.34. The fourth-order valence-electron chi connectivity index (χ4n) is 5.26. The Morgan fingerprint density at radius 1 is 1.11 bits per heavy atom. The zero-order valence-corrected chi connectivity index (χ0v) is 20.8. The van der Waals surface area contributed by atoms with Crippen LogP contribution < -0.4 is 11.1 Å². The van der Waals surface area contributed by atoms with Crippen LogP contribution in [0, 0.1) is 0 Å². The van der Waals surface area contributed by atoms with Crippen LogP contribution in [0.15, 0.2) is 6.33 Å². The molecule has 37 heavy (non-hydrogen) atoms. The van der Waals surface area contributed by atoms with Gasteiger partial charge in [-0.1, -0.05) is 0 Å². The highest BCUT2D eigenvalue weighted by Gasteiger charge is 2.61. The van der Waals surface area contributed by atoms with Gasteiger partial charge in [0.2, 0.25) is 11.6 Å². The predicted molar refractivity (Wildman–Crippen MR) is 129 cm³/mol. The first-order valence-electron chi connectivity index (χ1n) is 13.3. The van der Waals surface area contributed by atoms with Crippen LogP contribution in [0.5, 0.6) is 0 Å². The zero-order valence-electron chi connectivity index (χ0n) is 20.8. The molecule has 0 bridgehead atoms. The van der Waals surface area contributed by atoms with Crippen molar-refractivity contribution in [3.8, 4) is 0 Å². The summed E-state index contributed by atoms with van der Waals surface area (Å²) in [4.78, 5) is 13.1. The van der Waals surface area contributed by atoms with Gasteiger partial charge in [0.05, 0.1) is 19.5 Å². The third kappa shape index (κ3) is 5.12. The van der Waals surface area contributed by atoms with Gasteiger partial charge in [-0.05, 0) is 51.4 Å². The molecule has 1 aliphatic carbocycles. The van der Waals surface area contributed by atoms with E-state index in [0.717, 1.165) is 38.5 Å². The molecule has 6 rings (SSSR count). The summed E-state index contributed by atoms with van der Waals surface area (Å²) in [5.74, 6) is 0.536. The van der Waals surface area contributed by atoms with Gasteiger partial charge in [0.15, 0.2) is 35.8 Å². The number of hydrogen-bond acceptors (Lipinski definition) is 11. The molecule has 3 aliphatic heterocycles. The standard InChI is InChI=1S/C24H35FN6O6/c25-24(12-35-16-5-1-3-9-33-16)19(37-17-6-2-4-10-34-17)15(11-32)36-22(24)31-13-27-18-20(28-14-7-8-14)29-23(26)30-21(18)31/h13-17,19,22,32H,1-12H2,(H3,26,28,29,30)/t15-,16?,17?,19-,22-,24-/m1/s1. The van der Waals surface area contributed by atoms with E-state index in [1.165, 1.54) is 10.9 Å².